The first-order chi connectivity index (χ1) is 7.05. The van der Waals surface area contributed by atoms with Crippen molar-refractivity contribution >= 4 is 0 Å². The van der Waals surface area contributed by atoms with Crippen molar-refractivity contribution in [1.29, 1.82) is 0 Å². The van der Waals surface area contributed by atoms with Gasteiger partial charge in [0.05, 0.1) is 0 Å². The largest absolute Gasteiger partial charge is 0.320 e. The maximum absolute atomic E-state index is 3.22. The molecule has 1 atom stereocenters. The summed E-state index contributed by atoms with van der Waals surface area (Å²) in [6.07, 6.45) is 5.37. The third kappa shape index (κ3) is 4.52. The van der Waals surface area contributed by atoms with Crippen molar-refractivity contribution in [2.24, 2.45) is 5.41 Å². The molecule has 1 aliphatic rings. The van der Waals surface area contributed by atoms with Crippen LogP contribution in [-0.2, 0) is 0 Å². The summed E-state index contributed by atoms with van der Waals surface area (Å²) < 4.78 is 0. The molecule has 0 radical (unpaired) electrons. The van der Waals surface area contributed by atoms with Crippen molar-refractivity contribution in [1.82, 2.24) is 10.2 Å². The molecule has 0 bridgehead atoms. The van der Waals surface area contributed by atoms with E-state index in [9.17, 15) is 0 Å². The van der Waals surface area contributed by atoms with Gasteiger partial charge in [0, 0.05) is 6.04 Å². The van der Waals surface area contributed by atoms with Crippen molar-refractivity contribution in [3.05, 3.63) is 0 Å². The monoisotopic (exact) mass is 212 g/mol. The Morgan fingerprint density at radius 1 is 1.27 bits per heavy atom. The molecule has 1 heterocycles. The molecule has 0 aromatic heterocycles. The Hall–Kier alpha value is -0.0800. The van der Waals surface area contributed by atoms with Crippen LogP contribution in [0.3, 0.4) is 0 Å². The smallest absolute Gasteiger partial charge is 0.00674 e. The first-order valence-corrected chi connectivity index (χ1v) is 6.44. The highest BCUT2D eigenvalue weighted by molar-refractivity contribution is 4.81. The third-order valence-corrected chi connectivity index (χ3v) is 3.82. The van der Waals surface area contributed by atoms with Crippen molar-refractivity contribution in [3.8, 4) is 0 Å². The molecule has 1 unspecified atom stereocenters. The second-order valence-corrected chi connectivity index (χ2v) is 5.79. The number of piperidine rings is 1. The molecule has 0 aliphatic carbocycles. The molecule has 1 aliphatic heterocycles. The molecule has 0 amide bonds. The Labute approximate surface area is 95.4 Å². The number of nitrogens with one attached hydrogen (secondary N) is 1. The predicted molar refractivity (Wildman–Crippen MR) is 67.2 cm³/mol. The molecule has 1 saturated heterocycles. The summed E-state index contributed by atoms with van der Waals surface area (Å²) in [4.78, 5) is 2.67. The summed E-state index contributed by atoms with van der Waals surface area (Å²) >= 11 is 0. The number of rotatable bonds is 5. The standard InChI is InChI=1S/C13H28N2/c1-12(6-5-9-14-4)15-10-7-13(2,3)8-11-15/h12,14H,5-11H2,1-4H3. The molecule has 0 aromatic carbocycles. The topological polar surface area (TPSA) is 15.3 Å². The van der Waals surface area contributed by atoms with Gasteiger partial charge in [-0.2, -0.15) is 0 Å². The third-order valence-electron chi connectivity index (χ3n) is 3.82. The lowest BCUT2D eigenvalue weighted by Crippen LogP contribution is -2.42. The fraction of sp³-hybridized carbons (Fsp3) is 1.00. The first kappa shape index (κ1) is 13.0. The molecule has 1 fully saturated rings. The van der Waals surface area contributed by atoms with E-state index in [-0.39, 0.29) is 0 Å². The highest BCUT2D eigenvalue weighted by Gasteiger charge is 2.27. The molecular formula is C13H28N2. The van der Waals surface area contributed by atoms with E-state index >= 15 is 0 Å². The molecule has 0 aromatic rings. The fourth-order valence-electron chi connectivity index (χ4n) is 2.33. The van der Waals surface area contributed by atoms with Crippen LogP contribution in [0.2, 0.25) is 0 Å². The summed E-state index contributed by atoms with van der Waals surface area (Å²) in [7, 11) is 2.04. The molecule has 2 heteroatoms. The second-order valence-electron chi connectivity index (χ2n) is 5.79. The van der Waals surface area contributed by atoms with E-state index in [0.29, 0.717) is 5.41 Å². The van der Waals surface area contributed by atoms with Gasteiger partial charge in [0.25, 0.3) is 0 Å². The van der Waals surface area contributed by atoms with Crippen LogP contribution in [0.4, 0.5) is 0 Å². The van der Waals surface area contributed by atoms with Gasteiger partial charge in [0.2, 0.25) is 0 Å². The maximum atomic E-state index is 3.22. The van der Waals surface area contributed by atoms with Crippen molar-refractivity contribution in [3.63, 3.8) is 0 Å². The Kier molecular flexibility index (Phi) is 5.07. The fourth-order valence-corrected chi connectivity index (χ4v) is 2.33. The minimum Gasteiger partial charge on any atom is -0.320 e. The zero-order valence-electron chi connectivity index (χ0n) is 11.0. The average molecular weight is 212 g/mol. The van der Waals surface area contributed by atoms with Gasteiger partial charge in [0.15, 0.2) is 0 Å². The van der Waals surface area contributed by atoms with E-state index in [1.807, 2.05) is 7.05 Å². The second kappa shape index (κ2) is 5.86. The van der Waals surface area contributed by atoms with Crippen LogP contribution >= 0.6 is 0 Å². The number of hydrogen-bond acceptors (Lipinski definition) is 2. The summed E-state index contributed by atoms with van der Waals surface area (Å²) in [5, 5.41) is 3.22. The van der Waals surface area contributed by atoms with Gasteiger partial charge in [0.1, 0.15) is 0 Å². The van der Waals surface area contributed by atoms with Crippen LogP contribution in [0, 0.1) is 5.41 Å². The van der Waals surface area contributed by atoms with Gasteiger partial charge in [-0.15, -0.1) is 0 Å². The minimum atomic E-state index is 0.585. The van der Waals surface area contributed by atoms with Gasteiger partial charge in [-0.3, -0.25) is 0 Å². The van der Waals surface area contributed by atoms with E-state index < -0.39 is 0 Å². The van der Waals surface area contributed by atoms with E-state index in [1.165, 1.54) is 38.8 Å². The average Bonchev–Trinajstić information content (AvgIpc) is 2.18. The molecule has 90 valence electrons. The SMILES string of the molecule is CNCCCC(C)N1CCC(C)(C)CC1. The lowest BCUT2D eigenvalue weighted by Gasteiger charge is -2.40. The van der Waals surface area contributed by atoms with E-state index in [0.717, 1.165) is 12.6 Å². The Morgan fingerprint density at radius 2 is 1.87 bits per heavy atom. The van der Waals surface area contributed by atoms with Crippen molar-refractivity contribution in [2.75, 3.05) is 26.7 Å². The van der Waals surface area contributed by atoms with E-state index in [2.05, 4.69) is 31.0 Å². The summed E-state index contributed by atoms with van der Waals surface area (Å²) in [6, 6.07) is 0.773. The summed E-state index contributed by atoms with van der Waals surface area (Å²) in [5.74, 6) is 0. The Balaban J connectivity index is 2.21. The zero-order valence-corrected chi connectivity index (χ0v) is 11.0. The van der Waals surface area contributed by atoms with Crippen LogP contribution in [0.25, 0.3) is 0 Å². The summed E-state index contributed by atoms with van der Waals surface area (Å²) in [6.45, 7) is 10.9. The van der Waals surface area contributed by atoms with Crippen LogP contribution < -0.4 is 5.32 Å². The van der Waals surface area contributed by atoms with Crippen LogP contribution in [0.1, 0.15) is 46.5 Å². The highest BCUT2D eigenvalue weighted by Crippen LogP contribution is 2.30. The molecule has 1 N–H and O–H groups in total. The minimum absolute atomic E-state index is 0.585. The van der Waals surface area contributed by atoms with Crippen molar-refractivity contribution in [2.45, 2.75) is 52.5 Å². The van der Waals surface area contributed by atoms with Crippen LogP contribution in [0.15, 0.2) is 0 Å². The number of nitrogens with zero attached hydrogens (tertiary/aromatic N) is 1. The molecule has 2 nitrogen and oxygen atoms in total. The van der Waals surface area contributed by atoms with Crippen LogP contribution in [0.5, 0.6) is 0 Å². The predicted octanol–water partition coefficient (Wildman–Crippen LogP) is 2.50. The van der Waals surface area contributed by atoms with Gasteiger partial charge >= 0.3 is 0 Å². The lowest BCUT2D eigenvalue weighted by molar-refractivity contribution is 0.0960. The van der Waals surface area contributed by atoms with E-state index in [4.69, 9.17) is 0 Å². The first-order valence-electron chi connectivity index (χ1n) is 6.44. The van der Waals surface area contributed by atoms with Gasteiger partial charge in [-0.25, -0.2) is 0 Å². The maximum Gasteiger partial charge on any atom is 0.00674 e. The number of hydrogen-bond donors (Lipinski definition) is 1. The van der Waals surface area contributed by atoms with Gasteiger partial charge < -0.3 is 10.2 Å². The quantitative estimate of drug-likeness (QED) is 0.704. The Bertz CT molecular complexity index is 167. The highest BCUT2D eigenvalue weighted by atomic mass is 15.2. The Morgan fingerprint density at radius 3 is 2.40 bits per heavy atom. The number of likely N-dealkylation sites (tertiary alicyclic amines) is 1. The molecular weight excluding hydrogens is 184 g/mol. The molecule has 15 heavy (non-hydrogen) atoms. The van der Waals surface area contributed by atoms with Crippen LogP contribution in [-0.4, -0.2) is 37.6 Å². The normalized spacial score (nSPS) is 24.0. The van der Waals surface area contributed by atoms with Crippen molar-refractivity contribution < 1.29 is 0 Å². The lowest BCUT2D eigenvalue weighted by atomic mass is 9.82. The molecule has 0 spiro atoms. The van der Waals surface area contributed by atoms with Gasteiger partial charge in [-0.1, -0.05) is 13.8 Å². The molecule has 0 saturated carbocycles. The zero-order chi connectivity index (χ0) is 11.3. The van der Waals surface area contributed by atoms with Gasteiger partial charge in [-0.05, 0) is 64.7 Å². The molecule has 1 rings (SSSR count). The summed E-state index contributed by atoms with van der Waals surface area (Å²) in [5.41, 5.74) is 0.585. The van der Waals surface area contributed by atoms with E-state index in [1.54, 1.807) is 0 Å².